The van der Waals surface area contributed by atoms with Crippen LogP contribution in [0.2, 0.25) is 5.02 Å². The lowest BCUT2D eigenvalue weighted by Crippen LogP contribution is -2.23. The van der Waals surface area contributed by atoms with E-state index in [0.717, 1.165) is 11.0 Å². The topological polar surface area (TPSA) is 59.8 Å². The minimum absolute atomic E-state index is 0.0550. The largest absolute Gasteiger partial charge is 0.325 e. The SMILES string of the molecule is C[C@@H](Sc1nnc(C2CC2)n1C1CC1)C(=O)Nc1cccc(Cl)c1. The molecule has 1 aromatic heterocycles. The molecule has 5 nitrogen and oxygen atoms in total. The fourth-order valence-electron chi connectivity index (χ4n) is 2.69. The number of thioether (sulfide) groups is 1. The summed E-state index contributed by atoms with van der Waals surface area (Å²) in [5.41, 5.74) is 0.710. The van der Waals surface area contributed by atoms with Crippen molar-refractivity contribution in [2.24, 2.45) is 0 Å². The maximum absolute atomic E-state index is 12.4. The van der Waals surface area contributed by atoms with E-state index in [1.165, 1.54) is 37.4 Å². The monoisotopic (exact) mass is 362 g/mol. The third-order valence-corrected chi connectivity index (χ3v) is 5.58. The van der Waals surface area contributed by atoms with Crippen molar-refractivity contribution in [2.45, 2.75) is 55.0 Å². The molecule has 0 spiro atoms. The molecule has 4 rings (SSSR count). The summed E-state index contributed by atoms with van der Waals surface area (Å²) in [6.45, 7) is 1.90. The molecule has 0 saturated heterocycles. The molecular formula is C17H19ClN4OS. The highest BCUT2D eigenvalue weighted by Crippen LogP contribution is 2.46. The van der Waals surface area contributed by atoms with Crippen molar-refractivity contribution >= 4 is 35.0 Å². The van der Waals surface area contributed by atoms with Crippen LogP contribution in [0.5, 0.6) is 0 Å². The summed E-state index contributed by atoms with van der Waals surface area (Å²) in [4.78, 5) is 12.4. The average molecular weight is 363 g/mol. The highest BCUT2D eigenvalue weighted by Gasteiger charge is 2.37. The Morgan fingerprint density at radius 3 is 2.79 bits per heavy atom. The number of nitrogens with zero attached hydrogens (tertiary/aromatic N) is 3. The number of aromatic nitrogens is 3. The molecule has 7 heteroatoms. The summed E-state index contributed by atoms with van der Waals surface area (Å²) < 4.78 is 2.27. The van der Waals surface area contributed by atoms with Gasteiger partial charge in [0, 0.05) is 22.7 Å². The molecular weight excluding hydrogens is 344 g/mol. The normalized spacial score (nSPS) is 18.4. The molecule has 1 heterocycles. The zero-order chi connectivity index (χ0) is 16.7. The molecule has 0 unspecified atom stereocenters. The van der Waals surface area contributed by atoms with E-state index >= 15 is 0 Å². The van der Waals surface area contributed by atoms with Gasteiger partial charge in [0.25, 0.3) is 0 Å². The van der Waals surface area contributed by atoms with Crippen molar-refractivity contribution in [3.8, 4) is 0 Å². The van der Waals surface area contributed by atoms with E-state index in [1.807, 2.05) is 19.1 Å². The summed E-state index contributed by atoms with van der Waals surface area (Å²) >= 11 is 7.44. The molecule has 1 atom stereocenters. The lowest BCUT2D eigenvalue weighted by molar-refractivity contribution is -0.115. The standard InChI is InChI=1S/C17H19ClN4OS/c1-10(16(23)19-13-4-2-3-12(18)9-13)24-17-21-20-15(11-5-6-11)22(17)14-7-8-14/h2-4,9-11,14H,5-8H2,1H3,(H,19,23)/t10-/m1/s1. The molecule has 126 valence electrons. The van der Waals surface area contributed by atoms with E-state index < -0.39 is 0 Å². The summed E-state index contributed by atoms with van der Waals surface area (Å²) in [5.74, 6) is 1.63. The van der Waals surface area contributed by atoms with E-state index in [0.29, 0.717) is 22.7 Å². The number of hydrogen-bond acceptors (Lipinski definition) is 4. The number of nitrogens with one attached hydrogen (secondary N) is 1. The number of benzene rings is 1. The Morgan fingerprint density at radius 2 is 2.12 bits per heavy atom. The number of carbonyl (C=O) groups excluding carboxylic acids is 1. The summed E-state index contributed by atoms with van der Waals surface area (Å²) in [6.07, 6.45) is 4.80. The number of halogens is 1. The Labute approximate surface area is 150 Å². The van der Waals surface area contributed by atoms with Gasteiger partial charge in [-0.15, -0.1) is 10.2 Å². The molecule has 0 radical (unpaired) electrons. The highest BCUT2D eigenvalue weighted by atomic mass is 35.5. The van der Waals surface area contributed by atoms with Crippen LogP contribution in [0.4, 0.5) is 5.69 Å². The predicted octanol–water partition coefficient (Wildman–Crippen LogP) is 4.26. The van der Waals surface area contributed by atoms with Gasteiger partial charge in [-0.25, -0.2) is 0 Å². The van der Waals surface area contributed by atoms with E-state index in [-0.39, 0.29) is 11.2 Å². The average Bonchev–Trinajstić information content (AvgIpc) is 3.46. The molecule has 0 bridgehead atoms. The van der Waals surface area contributed by atoms with E-state index in [4.69, 9.17) is 11.6 Å². The first-order valence-corrected chi connectivity index (χ1v) is 9.55. The Morgan fingerprint density at radius 1 is 1.33 bits per heavy atom. The van der Waals surface area contributed by atoms with Crippen LogP contribution in [0.3, 0.4) is 0 Å². The molecule has 1 N–H and O–H groups in total. The smallest absolute Gasteiger partial charge is 0.237 e. The van der Waals surface area contributed by atoms with Gasteiger partial charge in [-0.05, 0) is 50.8 Å². The van der Waals surface area contributed by atoms with Crippen LogP contribution in [-0.2, 0) is 4.79 Å². The number of amides is 1. The second-order valence-corrected chi connectivity index (χ2v) is 8.22. The van der Waals surface area contributed by atoms with Crippen molar-refractivity contribution in [2.75, 3.05) is 5.32 Å². The quantitative estimate of drug-likeness (QED) is 0.780. The van der Waals surface area contributed by atoms with Crippen LogP contribution in [0, 0.1) is 0 Å². The van der Waals surface area contributed by atoms with Gasteiger partial charge in [-0.3, -0.25) is 4.79 Å². The van der Waals surface area contributed by atoms with Gasteiger partial charge in [0.15, 0.2) is 5.16 Å². The second kappa shape index (κ2) is 6.41. The zero-order valence-electron chi connectivity index (χ0n) is 13.4. The third kappa shape index (κ3) is 3.44. The lowest BCUT2D eigenvalue weighted by Gasteiger charge is -2.13. The summed E-state index contributed by atoms with van der Waals surface area (Å²) in [6, 6.07) is 7.71. The molecule has 1 amide bonds. The van der Waals surface area contributed by atoms with Gasteiger partial charge < -0.3 is 9.88 Å². The molecule has 2 aliphatic rings. The second-order valence-electron chi connectivity index (χ2n) is 6.48. The van der Waals surface area contributed by atoms with Crippen molar-refractivity contribution in [1.29, 1.82) is 0 Å². The number of hydrogen-bond donors (Lipinski definition) is 1. The molecule has 0 aliphatic heterocycles. The van der Waals surface area contributed by atoms with Gasteiger partial charge in [0.05, 0.1) is 5.25 Å². The van der Waals surface area contributed by atoms with Crippen LogP contribution in [0.1, 0.15) is 50.4 Å². The Hall–Kier alpha value is -1.53. The van der Waals surface area contributed by atoms with Crippen LogP contribution in [0.15, 0.2) is 29.4 Å². The maximum Gasteiger partial charge on any atom is 0.237 e. The van der Waals surface area contributed by atoms with Gasteiger partial charge in [0.1, 0.15) is 5.82 Å². The minimum atomic E-state index is -0.252. The van der Waals surface area contributed by atoms with Gasteiger partial charge in [-0.2, -0.15) is 0 Å². The van der Waals surface area contributed by atoms with E-state index in [2.05, 4.69) is 20.1 Å². The fourth-order valence-corrected chi connectivity index (χ4v) is 3.80. The van der Waals surface area contributed by atoms with Gasteiger partial charge >= 0.3 is 0 Å². The maximum atomic E-state index is 12.4. The summed E-state index contributed by atoms with van der Waals surface area (Å²) in [7, 11) is 0. The molecule has 24 heavy (non-hydrogen) atoms. The molecule has 2 aromatic rings. The van der Waals surface area contributed by atoms with E-state index in [1.54, 1.807) is 12.1 Å². The number of carbonyl (C=O) groups is 1. The Bertz CT molecular complexity index is 770. The number of rotatable bonds is 6. The third-order valence-electron chi connectivity index (χ3n) is 4.29. The fraction of sp³-hybridized carbons (Fsp3) is 0.471. The van der Waals surface area contributed by atoms with Crippen molar-refractivity contribution in [3.63, 3.8) is 0 Å². The molecule has 2 fully saturated rings. The summed E-state index contributed by atoms with van der Waals surface area (Å²) in [5, 5.41) is 12.9. The van der Waals surface area contributed by atoms with Crippen molar-refractivity contribution in [3.05, 3.63) is 35.1 Å². The Balaban J connectivity index is 1.46. The minimum Gasteiger partial charge on any atom is -0.325 e. The molecule has 2 aliphatic carbocycles. The van der Waals surface area contributed by atoms with Crippen molar-refractivity contribution < 1.29 is 4.79 Å². The first-order chi connectivity index (χ1) is 11.6. The highest BCUT2D eigenvalue weighted by molar-refractivity contribution is 8.00. The first-order valence-electron chi connectivity index (χ1n) is 8.29. The molecule has 1 aromatic carbocycles. The zero-order valence-corrected chi connectivity index (χ0v) is 15.0. The molecule has 2 saturated carbocycles. The van der Waals surface area contributed by atoms with Gasteiger partial charge in [0.2, 0.25) is 5.91 Å². The van der Waals surface area contributed by atoms with Crippen LogP contribution in [0.25, 0.3) is 0 Å². The van der Waals surface area contributed by atoms with Gasteiger partial charge in [-0.1, -0.05) is 29.4 Å². The first kappa shape index (κ1) is 16.0. The van der Waals surface area contributed by atoms with Crippen LogP contribution < -0.4 is 5.32 Å². The lowest BCUT2D eigenvalue weighted by atomic mass is 10.3. The van der Waals surface area contributed by atoms with E-state index in [9.17, 15) is 4.79 Å². The number of anilines is 1. The predicted molar refractivity (Wildman–Crippen MR) is 95.7 cm³/mol. The van der Waals surface area contributed by atoms with Crippen LogP contribution in [-0.4, -0.2) is 25.9 Å². The van der Waals surface area contributed by atoms with Crippen molar-refractivity contribution in [1.82, 2.24) is 14.8 Å². The Kier molecular flexibility index (Phi) is 4.26. The van der Waals surface area contributed by atoms with Crippen LogP contribution >= 0.6 is 23.4 Å².